The van der Waals surface area contributed by atoms with Crippen molar-refractivity contribution < 1.29 is 4.74 Å². The van der Waals surface area contributed by atoms with Crippen LogP contribution in [0.15, 0.2) is 48.8 Å². The van der Waals surface area contributed by atoms with Crippen molar-refractivity contribution in [1.29, 1.82) is 0 Å². The summed E-state index contributed by atoms with van der Waals surface area (Å²) in [6.07, 6.45) is 3.37. The highest BCUT2D eigenvalue weighted by atomic mass is 16.5. The number of para-hydroxylation sites is 2. The number of anilines is 3. The van der Waals surface area contributed by atoms with Gasteiger partial charge in [-0.25, -0.2) is 4.98 Å². The summed E-state index contributed by atoms with van der Waals surface area (Å²) in [4.78, 5) is 24.6. The van der Waals surface area contributed by atoms with Crippen LogP contribution in [0.25, 0.3) is 11.0 Å². The number of hydrogen-bond donors (Lipinski definition) is 3. The summed E-state index contributed by atoms with van der Waals surface area (Å²) in [7, 11) is 1.51. The van der Waals surface area contributed by atoms with Crippen LogP contribution in [0, 0.1) is 0 Å². The van der Waals surface area contributed by atoms with Gasteiger partial charge in [-0.2, -0.15) is 15.0 Å². The fourth-order valence-corrected chi connectivity index (χ4v) is 2.40. The molecular weight excluding hydrogens is 332 g/mol. The standard InChI is InChI=1S/C17H16N8O/c1-26-17-24-15(23-16(25-17)20-11-5-4-8-18-9-11)19-10-14-21-12-6-2-3-7-13(12)22-14/h2-9H,10H2,1H3,(H,21,22)(H2,19,20,23,24,25). The zero-order chi connectivity index (χ0) is 17.8. The summed E-state index contributed by atoms with van der Waals surface area (Å²) in [6, 6.07) is 11.7. The monoisotopic (exact) mass is 348 g/mol. The van der Waals surface area contributed by atoms with Crippen LogP contribution in [0.3, 0.4) is 0 Å². The number of methoxy groups -OCH3 is 1. The van der Waals surface area contributed by atoms with E-state index in [-0.39, 0.29) is 6.01 Å². The first-order chi connectivity index (χ1) is 12.8. The van der Waals surface area contributed by atoms with Crippen LogP contribution in [0.4, 0.5) is 17.6 Å². The topological polar surface area (TPSA) is 114 Å². The predicted molar refractivity (Wildman–Crippen MR) is 97.3 cm³/mol. The third-order valence-electron chi connectivity index (χ3n) is 3.57. The lowest BCUT2D eigenvalue weighted by molar-refractivity contribution is 0.379. The Labute approximate surface area is 148 Å². The number of benzene rings is 1. The van der Waals surface area contributed by atoms with Crippen LogP contribution in [-0.4, -0.2) is 37.0 Å². The van der Waals surface area contributed by atoms with E-state index in [9.17, 15) is 0 Å². The van der Waals surface area contributed by atoms with Crippen molar-refractivity contribution in [2.24, 2.45) is 0 Å². The maximum Gasteiger partial charge on any atom is 0.322 e. The summed E-state index contributed by atoms with van der Waals surface area (Å²) in [5.41, 5.74) is 2.66. The summed E-state index contributed by atoms with van der Waals surface area (Å²) in [5, 5.41) is 6.20. The first kappa shape index (κ1) is 15.8. The summed E-state index contributed by atoms with van der Waals surface area (Å²) >= 11 is 0. The average Bonchev–Trinajstić information content (AvgIpc) is 3.10. The first-order valence-corrected chi connectivity index (χ1v) is 7.95. The molecule has 0 saturated heterocycles. The molecule has 9 heteroatoms. The zero-order valence-corrected chi connectivity index (χ0v) is 14.0. The van der Waals surface area contributed by atoms with Crippen LogP contribution in [0.1, 0.15) is 5.82 Å². The minimum Gasteiger partial charge on any atom is -0.467 e. The number of nitrogens with zero attached hydrogens (tertiary/aromatic N) is 5. The van der Waals surface area contributed by atoms with Crippen molar-refractivity contribution in [3.63, 3.8) is 0 Å². The van der Waals surface area contributed by atoms with Gasteiger partial charge in [0, 0.05) is 6.20 Å². The fraction of sp³-hybridized carbons (Fsp3) is 0.118. The molecule has 3 heterocycles. The van der Waals surface area contributed by atoms with E-state index < -0.39 is 0 Å². The highest BCUT2D eigenvalue weighted by Crippen LogP contribution is 2.16. The van der Waals surface area contributed by atoms with Crippen molar-refractivity contribution in [1.82, 2.24) is 29.9 Å². The molecule has 0 radical (unpaired) electrons. The van der Waals surface area contributed by atoms with Gasteiger partial charge in [-0.15, -0.1) is 0 Å². The number of aromatic amines is 1. The van der Waals surface area contributed by atoms with Gasteiger partial charge in [-0.3, -0.25) is 4.98 Å². The van der Waals surface area contributed by atoms with E-state index in [1.807, 2.05) is 36.4 Å². The Kier molecular flexibility index (Phi) is 4.25. The molecule has 0 fully saturated rings. The highest BCUT2D eigenvalue weighted by Gasteiger charge is 2.08. The number of ether oxygens (including phenoxy) is 1. The molecule has 4 aromatic rings. The van der Waals surface area contributed by atoms with Crippen LogP contribution < -0.4 is 15.4 Å². The van der Waals surface area contributed by atoms with Crippen molar-refractivity contribution in [3.8, 4) is 6.01 Å². The van der Waals surface area contributed by atoms with E-state index in [2.05, 4.69) is 40.5 Å². The fourth-order valence-electron chi connectivity index (χ4n) is 2.40. The average molecular weight is 348 g/mol. The first-order valence-electron chi connectivity index (χ1n) is 7.95. The lowest BCUT2D eigenvalue weighted by Crippen LogP contribution is -2.09. The van der Waals surface area contributed by atoms with Gasteiger partial charge in [0.05, 0.1) is 36.6 Å². The molecule has 130 valence electrons. The summed E-state index contributed by atoms with van der Waals surface area (Å²) in [5.74, 6) is 1.52. The van der Waals surface area contributed by atoms with Crippen LogP contribution in [-0.2, 0) is 6.54 Å². The molecule has 3 aromatic heterocycles. The second kappa shape index (κ2) is 7.01. The molecule has 9 nitrogen and oxygen atoms in total. The van der Waals surface area contributed by atoms with Crippen LogP contribution >= 0.6 is 0 Å². The van der Waals surface area contributed by atoms with Crippen molar-refractivity contribution in [2.45, 2.75) is 6.54 Å². The number of aromatic nitrogens is 6. The van der Waals surface area contributed by atoms with Gasteiger partial charge >= 0.3 is 6.01 Å². The molecule has 0 unspecified atom stereocenters. The van der Waals surface area contributed by atoms with Gasteiger partial charge in [0.25, 0.3) is 0 Å². The Balaban J connectivity index is 1.52. The molecule has 0 spiro atoms. The minimum atomic E-state index is 0.207. The second-order valence-corrected chi connectivity index (χ2v) is 5.39. The number of pyridine rings is 1. The van der Waals surface area contributed by atoms with E-state index in [1.54, 1.807) is 12.4 Å². The van der Waals surface area contributed by atoms with Gasteiger partial charge in [0.15, 0.2) is 0 Å². The molecule has 0 aliphatic carbocycles. The van der Waals surface area contributed by atoms with E-state index in [0.717, 1.165) is 22.5 Å². The molecule has 0 aliphatic rings. The van der Waals surface area contributed by atoms with E-state index >= 15 is 0 Å². The Morgan fingerprint density at radius 3 is 2.69 bits per heavy atom. The number of rotatable bonds is 6. The van der Waals surface area contributed by atoms with Crippen molar-refractivity contribution in [3.05, 3.63) is 54.6 Å². The third-order valence-corrected chi connectivity index (χ3v) is 3.57. The zero-order valence-electron chi connectivity index (χ0n) is 14.0. The van der Waals surface area contributed by atoms with E-state index in [1.165, 1.54) is 7.11 Å². The number of fused-ring (bicyclic) bond motifs is 1. The Morgan fingerprint density at radius 1 is 1.00 bits per heavy atom. The lowest BCUT2D eigenvalue weighted by Gasteiger charge is -2.08. The summed E-state index contributed by atoms with van der Waals surface area (Å²) < 4.78 is 5.15. The van der Waals surface area contributed by atoms with Gasteiger partial charge < -0.3 is 20.4 Å². The second-order valence-electron chi connectivity index (χ2n) is 5.39. The van der Waals surface area contributed by atoms with Gasteiger partial charge in [-0.1, -0.05) is 12.1 Å². The maximum absolute atomic E-state index is 5.15. The molecule has 0 atom stereocenters. The maximum atomic E-state index is 5.15. The van der Waals surface area contributed by atoms with Gasteiger partial charge in [-0.05, 0) is 24.3 Å². The van der Waals surface area contributed by atoms with E-state index in [4.69, 9.17) is 4.74 Å². The molecule has 0 aliphatic heterocycles. The van der Waals surface area contributed by atoms with Crippen LogP contribution in [0.2, 0.25) is 0 Å². The predicted octanol–water partition coefficient (Wildman–Crippen LogP) is 2.51. The number of hydrogen-bond acceptors (Lipinski definition) is 8. The largest absolute Gasteiger partial charge is 0.467 e. The van der Waals surface area contributed by atoms with Gasteiger partial charge in [0.2, 0.25) is 11.9 Å². The molecule has 26 heavy (non-hydrogen) atoms. The molecule has 0 bridgehead atoms. The third kappa shape index (κ3) is 3.51. The van der Waals surface area contributed by atoms with Crippen molar-refractivity contribution >= 4 is 28.6 Å². The summed E-state index contributed by atoms with van der Waals surface area (Å²) in [6.45, 7) is 0.439. The number of imidazole rings is 1. The number of nitrogens with one attached hydrogen (secondary N) is 3. The Morgan fingerprint density at radius 2 is 1.88 bits per heavy atom. The molecule has 3 N–H and O–H groups in total. The highest BCUT2D eigenvalue weighted by molar-refractivity contribution is 5.74. The minimum absolute atomic E-state index is 0.207. The normalized spacial score (nSPS) is 10.7. The van der Waals surface area contributed by atoms with E-state index in [0.29, 0.717) is 18.4 Å². The quantitative estimate of drug-likeness (QED) is 0.487. The molecule has 1 aromatic carbocycles. The van der Waals surface area contributed by atoms with Gasteiger partial charge in [0.1, 0.15) is 5.82 Å². The molecular formula is C17H16N8O. The molecule has 0 saturated carbocycles. The van der Waals surface area contributed by atoms with Crippen molar-refractivity contribution in [2.75, 3.05) is 17.7 Å². The molecule has 0 amide bonds. The Bertz CT molecular complexity index is 985. The van der Waals surface area contributed by atoms with Crippen LogP contribution in [0.5, 0.6) is 6.01 Å². The smallest absolute Gasteiger partial charge is 0.322 e. The molecule has 4 rings (SSSR count). The SMILES string of the molecule is COc1nc(NCc2nc3ccccc3[nH]2)nc(Nc2cccnc2)n1. The number of H-pyrrole nitrogens is 1. The lowest BCUT2D eigenvalue weighted by atomic mass is 10.3. The Hall–Kier alpha value is -3.75.